The quantitative estimate of drug-likeness (QED) is 0.167. The molecule has 0 saturated heterocycles. The van der Waals surface area contributed by atoms with Crippen LogP contribution in [-0.2, 0) is 9.53 Å². The number of carbonyl (C=O) groups is 1. The molecule has 182 valence electrons. The van der Waals surface area contributed by atoms with Gasteiger partial charge in [0.15, 0.2) is 17.3 Å². The van der Waals surface area contributed by atoms with Crippen molar-refractivity contribution in [1.29, 1.82) is 0 Å². The van der Waals surface area contributed by atoms with Crippen LogP contribution in [0.1, 0.15) is 50.5 Å². The standard InChI is InChI=1S/C28H34O6/c1-33-27-17-20(10-14-25(27)31)8-12-23(29)22(16-19-6-4-3-5-7-19)24(30)13-9-21-11-15-26(32)28(18-21)34-2/h3-4,8,10-12,14-15,17,19,28-29,31-32H,5-7,9,13,16,18H2,1-2H3/b12-8+,23-22?. The Morgan fingerprint density at radius 3 is 2.71 bits per heavy atom. The molecule has 2 aliphatic rings. The van der Waals surface area contributed by atoms with Crippen molar-refractivity contribution in [1.82, 2.24) is 0 Å². The number of rotatable bonds is 10. The van der Waals surface area contributed by atoms with Gasteiger partial charge < -0.3 is 24.8 Å². The molecule has 2 atom stereocenters. The highest BCUT2D eigenvalue weighted by Crippen LogP contribution is 2.30. The SMILES string of the molecule is COc1cc(/C=C/C(O)=C(CC2CC=CCC2)C(=O)CCC2=CC=C(O)C(OC)C2)ccc1O. The lowest BCUT2D eigenvalue weighted by Gasteiger charge is -2.21. The molecule has 0 aliphatic heterocycles. The Balaban J connectivity index is 1.77. The van der Waals surface area contributed by atoms with Gasteiger partial charge in [-0.25, -0.2) is 0 Å². The van der Waals surface area contributed by atoms with Crippen molar-refractivity contribution in [2.24, 2.45) is 5.92 Å². The van der Waals surface area contributed by atoms with Crippen LogP contribution in [0.15, 0.2) is 71.2 Å². The molecule has 3 rings (SSSR count). The van der Waals surface area contributed by atoms with Crippen LogP contribution < -0.4 is 4.74 Å². The summed E-state index contributed by atoms with van der Waals surface area (Å²) in [5, 5.41) is 30.5. The average molecular weight is 467 g/mol. The van der Waals surface area contributed by atoms with Crippen molar-refractivity contribution in [3.05, 3.63) is 76.8 Å². The van der Waals surface area contributed by atoms with Gasteiger partial charge in [0.2, 0.25) is 0 Å². The van der Waals surface area contributed by atoms with Gasteiger partial charge in [-0.15, -0.1) is 0 Å². The summed E-state index contributed by atoms with van der Waals surface area (Å²) in [6, 6.07) is 4.90. The zero-order valence-electron chi connectivity index (χ0n) is 19.9. The molecule has 1 aromatic carbocycles. The number of Topliss-reactive ketones (excluding diaryl/α,β-unsaturated/α-hetero) is 1. The van der Waals surface area contributed by atoms with Crippen molar-refractivity contribution in [2.75, 3.05) is 14.2 Å². The maximum absolute atomic E-state index is 13.2. The number of allylic oxidation sites excluding steroid dienone is 6. The molecule has 0 radical (unpaired) electrons. The molecule has 0 bridgehead atoms. The normalized spacial score (nSPS) is 21.1. The molecular weight excluding hydrogens is 432 g/mol. The zero-order chi connectivity index (χ0) is 24.5. The molecule has 2 unspecified atom stereocenters. The van der Waals surface area contributed by atoms with Crippen LogP contribution >= 0.6 is 0 Å². The molecule has 6 nitrogen and oxygen atoms in total. The summed E-state index contributed by atoms with van der Waals surface area (Å²) >= 11 is 0. The summed E-state index contributed by atoms with van der Waals surface area (Å²) in [5.41, 5.74) is 2.21. The van der Waals surface area contributed by atoms with Crippen LogP contribution in [0.3, 0.4) is 0 Å². The van der Waals surface area contributed by atoms with Crippen molar-refractivity contribution in [2.45, 2.75) is 51.0 Å². The van der Waals surface area contributed by atoms with E-state index in [9.17, 15) is 20.1 Å². The third kappa shape index (κ3) is 6.87. The number of aromatic hydroxyl groups is 1. The van der Waals surface area contributed by atoms with Crippen LogP contribution in [0, 0.1) is 5.92 Å². The van der Waals surface area contributed by atoms with E-state index in [0.29, 0.717) is 36.5 Å². The van der Waals surface area contributed by atoms with E-state index in [1.807, 2.05) is 6.08 Å². The van der Waals surface area contributed by atoms with Crippen LogP contribution in [0.4, 0.5) is 0 Å². The van der Waals surface area contributed by atoms with E-state index in [1.54, 1.807) is 37.5 Å². The van der Waals surface area contributed by atoms with Crippen LogP contribution in [0.25, 0.3) is 6.08 Å². The molecule has 0 amide bonds. The second-order valence-electron chi connectivity index (χ2n) is 8.75. The van der Waals surface area contributed by atoms with Gasteiger partial charge in [0.25, 0.3) is 0 Å². The Kier molecular flexibility index (Phi) is 9.16. The number of carbonyl (C=O) groups excluding carboxylic acids is 1. The maximum Gasteiger partial charge on any atom is 0.162 e. The van der Waals surface area contributed by atoms with Gasteiger partial charge in [0.1, 0.15) is 17.6 Å². The second kappa shape index (κ2) is 12.3. The van der Waals surface area contributed by atoms with Crippen LogP contribution in [0.2, 0.25) is 0 Å². The lowest BCUT2D eigenvalue weighted by Crippen LogP contribution is -2.18. The van der Waals surface area contributed by atoms with E-state index in [2.05, 4.69) is 12.2 Å². The Morgan fingerprint density at radius 1 is 1.18 bits per heavy atom. The highest BCUT2D eigenvalue weighted by atomic mass is 16.5. The van der Waals surface area contributed by atoms with Gasteiger partial charge in [-0.1, -0.05) is 35.9 Å². The van der Waals surface area contributed by atoms with Crippen molar-refractivity contribution < 1.29 is 29.6 Å². The Labute approximate surface area is 201 Å². The molecule has 0 heterocycles. The number of ketones is 1. The van der Waals surface area contributed by atoms with Gasteiger partial charge in [-0.2, -0.15) is 0 Å². The summed E-state index contributed by atoms with van der Waals surface area (Å²) < 4.78 is 10.4. The summed E-state index contributed by atoms with van der Waals surface area (Å²) in [6.07, 6.45) is 15.4. The fourth-order valence-electron chi connectivity index (χ4n) is 4.30. The van der Waals surface area contributed by atoms with Gasteiger partial charge in [0.05, 0.1) is 7.11 Å². The minimum Gasteiger partial charge on any atom is -0.510 e. The third-order valence-electron chi connectivity index (χ3n) is 6.38. The Hall–Kier alpha value is -3.25. The molecule has 2 aliphatic carbocycles. The van der Waals surface area contributed by atoms with E-state index in [0.717, 1.165) is 30.4 Å². The van der Waals surface area contributed by atoms with Crippen molar-refractivity contribution >= 4 is 11.9 Å². The van der Waals surface area contributed by atoms with Gasteiger partial charge in [-0.05, 0) is 67.9 Å². The number of methoxy groups -OCH3 is 2. The first-order chi connectivity index (χ1) is 16.4. The van der Waals surface area contributed by atoms with Gasteiger partial charge >= 0.3 is 0 Å². The van der Waals surface area contributed by atoms with Crippen molar-refractivity contribution in [3.8, 4) is 11.5 Å². The second-order valence-corrected chi connectivity index (χ2v) is 8.75. The van der Waals surface area contributed by atoms with Crippen LogP contribution in [0.5, 0.6) is 11.5 Å². The molecular formula is C28H34O6. The number of hydrogen-bond donors (Lipinski definition) is 3. The monoisotopic (exact) mass is 466 g/mol. The smallest absolute Gasteiger partial charge is 0.162 e. The van der Waals surface area contributed by atoms with E-state index in [1.165, 1.54) is 13.2 Å². The average Bonchev–Trinajstić information content (AvgIpc) is 2.86. The Bertz CT molecular complexity index is 1030. The van der Waals surface area contributed by atoms with Gasteiger partial charge in [0, 0.05) is 25.5 Å². The fourth-order valence-corrected chi connectivity index (χ4v) is 4.30. The summed E-state index contributed by atoms with van der Waals surface area (Å²) in [6.45, 7) is 0. The van der Waals surface area contributed by atoms with Crippen LogP contribution in [-0.4, -0.2) is 41.4 Å². The van der Waals surface area contributed by atoms with E-state index in [-0.39, 0.29) is 35.6 Å². The molecule has 1 aromatic rings. The summed E-state index contributed by atoms with van der Waals surface area (Å²) in [5.74, 6) is 0.782. The van der Waals surface area contributed by atoms with Crippen molar-refractivity contribution in [3.63, 3.8) is 0 Å². The minimum atomic E-state index is -0.377. The predicted molar refractivity (Wildman–Crippen MR) is 133 cm³/mol. The number of hydrogen-bond acceptors (Lipinski definition) is 6. The van der Waals surface area contributed by atoms with E-state index < -0.39 is 0 Å². The first-order valence-corrected chi connectivity index (χ1v) is 11.7. The molecule has 6 heteroatoms. The lowest BCUT2D eigenvalue weighted by molar-refractivity contribution is -0.116. The molecule has 0 aromatic heterocycles. The Morgan fingerprint density at radius 2 is 2.00 bits per heavy atom. The predicted octanol–water partition coefficient (Wildman–Crippen LogP) is 6.11. The topological polar surface area (TPSA) is 96.2 Å². The lowest BCUT2D eigenvalue weighted by atomic mass is 9.85. The molecule has 0 saturated carbocycles. The third-order valence-corrected chi connectivity index (χ3v) is 6.38. The highest BCUT2D eigenvalue weighted by molar-refractivity contribution is 5.96. The number of benzene rings is 1. The zero-order valence-corrected chi connectivity index (χ0v) is 19.9. The highest BCUT2D eigenvalue weighted by Gasteiger charge is 2.22. The fraction of sp³-hybridized carbons (Fsp3) is 0.393. The number of phenolic OH excluding ortho intramolecular Hbond substituents is 1. The number of phenols is 1. The van der Waals surface area contributed by atoms with E-state index in [4.69, 9.17) is 9.47 Å². The molecule has 0 spiro atoms. The first-order valence-electron chi connectivity index (χ1n) is 11.7. The number of aliphatic hydroxyl groups excluding tert-OH is 2. The molecule has 34 heavy (non-hydrogen) atoms. The van der Waals surface area contributed by atoms with E-state index >= 15 is 0 Å². The largest absolute Gasteiger partial charge is 0.510 e. The molecule has 3 N–H and O–H groups in total. The summed E-state index contributed by atoms with van der Waals surface area (Å²) in [7, 11) is 3.03. The number of ether oxygens (including phenoxy) is 2. The first kappa shape index (κ1) is 25.4. The summed E-state index contributed by atoms with van der Waals surface area (Å²) in [4.78, 5) is 13.2. The maximum atomic E-state index is 13.2. The molecule has 0 fully saturated rings. The minimum absolute atomic E-state index is 0.0310. The number of aliphatic hydroxyl groups is 2. The van der Waals surface area contributed by atoms with Gasteiger partial charge in [-0.3, -0.25) is 4.79 Å².